The lowest BCUT2D eigenvalue weighted by atomic mass is 9.94. The molecule has 0 heteroatoms. The van der Waals surface area contributed by atoms with E-state index < -0.39 is 0 Å². The second-order valence-corrected chi connectivity index (χ2v) is 5.18. The van der Waals surface area contributed by atoms with Crippen LogP contribution in [0.5, 0.6) is 0 Å². The minimum Gasteiger partial charge on any atom is -0.0990 e. The van der Waals surface area contributed by atoms with Crippen molar-refractivity contribution in [3.05, 3.63) is 95.4 Å². The minimum absolute atomic E-state index is 1.05. The maximum atomic E-state index is 4.33. The molecule has 0 aliphatic carbocycles. The first-order valence-corrected chi connectivity index (χ1v) is 7.49. The molecule has 0 saturated heterocycles. The number of allylic oxidation sites excluding steroid dienone is 3. The molecular weight excluding hydrogens is 264 g/mol. The van der Waals surface area contributed by atoms with Gasteiger partial charge in [-0.2, -0.15) is 0 Å². The standard InChI is InChI=1S/C22H22/c1-5-11-19-13-7-9-15-21(19)17(3)18(4)22-16-10-8-14-20(22)12-6-2/h5-16H,1,4H2,2-3H3/b12-6-,19-11-,21-17+. The molecule has 2 aromatic rings. The summed E-state index contributed by atoms with van der Waals surface area (Å²) in [6.07, 6.45) is 8.03. The molecule has 0 amide bonds. The average Bonchev–Trinajstić information content (AvgIpc) is 2.55. The lowest BCUT2D eigenvalue weighted by Crippen LogP contribution is -2.25. The molecule has 0 bridgehead atoms. The fourth-order valence-electron chi connectivity index (χ4n) is 2.57. The van der Waals surface area contributed by atoms with Gasteiger partial charge in [0.15, 0.2) is 0 Å². The summed E-state index contributed by atoms with van der Waals surface area (Å²) in [7, 11) is 0. The van der Waals surface area contributed by atoms with Crippen molar-refractivity contribution in [2.45, 2.75) is 13.8 Å². The minimum atomic E-state index is 1.05. The Kier molecular flexibility index (Phi) is 5.32. The molecule has 0 fully saturated rings. The van der Waals surface area contributed by atoms with E-state index in [-0.39, 0.29) is 0 Å². The van der Waals surface area contributed by atoms with Crippen LogP contribution >= 0.6 is 0 Å². The molecule has 0 unspecified atom stereocenters. The zero-order valence-electron chi connectivity index (χ0n) is 13.3. The maximum Gasteiger partial charge on any atom is -0.0115 e. The van der Waals surface area contributed by atoms with Crippen LogP contribution in [0.15, 0.2) is 73.8 Å². The Hall–Kier alpha value is -2.60. The third-order valence-electron chi connectivity index (χ3n) is 3.75. The highest BCUT2D eigenvalue weighted by Crippen LogP contribution is 2.25. The second-order valence-electron chi connectivity index (χ2n) is 5.18. The van der Waals surface area contributed by atoms with E-state index in [1.54, 1.807) is 0 Å². The summed E-state index contributed by atoms with van der Waals surface area (Å²) in [5.74, 6) is 0. The van der Waals surface area contributed by atoms with Crippen molar-refractivity contribution < 1.29 is 0 Å². The van der Waals surface area contributed by atoms with Crippen LogP contribution in [0.1, 0.15) is 25.0 Å². The van der Waals surface area contributed by atoms with Crippen LogP contribution in [0.25, 0.3) is 23.3 Å². The molecule has 2 aromatic carbocycles. The predicted molar refractivity (Wildman–Crippen MR) is 99.6 cm³/mol. The summed E-state index contributed by atoms with van der Waals surface area (Å²) in [6, 6.07) is 16.7. The van der Waals surface area contributed by atoms with Gasteiger partial charge in [-0.1, -0.05) is 86.0 Å². The van der Waals surface area contributed by atoms with Gasteiger partial charge in [0.05, 0.1) is 0 Å². The first kappa shape index (κ1) is 15.8. The smallest absolute Gasteiger partial charge is 0.0115 e. The zero-order valence-corrected chi connectivity index (χ0v) is 13.3. The van der Waals surface area contributed by atoms with Crippen LogP contribution in [0.2, 0.25) is 0 Å². The van der Waals surface area contributed by atoms with Gasteiger partial charge in [0.1, 0.15) is 0 Å². The summed E-state index contributed by atoms with van der Waals surface area (Å²) in [5, 5.41) is 2.36. The molecule has 0 aromatic heterocycles. The van der Waals surface area contributed by atoms with E-state index in [1.165, 1.54) is 27.1 Å². The van der Waals surface area contributed by atoms with E-state index in [2.05, 4.69) is 74.7 Å². The highest BCUT2D eigenvalue weighted by Gasteiger charge is 2.06. The normalized spacial score (nSPS) is 13.3. The topological polar surface area (TPSA) is 0 Å². The van der Waals surface area contributed by atoms with Gasteiger partial charge in [-0.15, -0.1) is 0 Å². The SMILES string of the molecule is C=C/C=c1/cccc/c1=C(/C)C(=C)c1ccccc1/C=C\C. The molecule has 0 atom stereocenters. The van der Waals surface area contributed by atoms with Gasteiger partial charge in [-0.3, -0.25) is 0 Å². The van der Waals surface area contributed by atoms with E-state index in [0.717, 1.165) is 5.57 Å². The van der Waals surface area contributed by atoms with Crippen molar-refractivity contribution in [1.82, 2.24) is 0 Å². The summed E-state index contributed by atoms with van der Waals surface area (Å²) in [6.45, 7) is 12.3. The van der Waals surface area contributed by atoms with Crippen LogP contribution < -0.4 is 10.4 Å². The van der Waals surface area contributed by atoms with Gasteiger partial charge in [-0.25, -0.2) is 0 Å². The summed E-state index contributed by atoms with van der Waals surface area (Å²) < 4.78 is 0. The Labute approximate surface area is 133 Å². The lowest BCUT2D eigenvalue weighted by molar-refractivity contribution is 1.47. The molecule has 0 saturated carbocycles. The first-order valence-electron chi connectivity index (χ1n) is 7.49. The van der Waals surface area contributed by atoms with Crippen molar-refractivity contribution in [3.63, 3.8) is 0 Å². The van der Waals surface area contributed by atoms with Gasteiger partial charge in [-0.05, 0) is 46.6 Å². The van der Waals surface area contributed by atoms with Crippen molar-refractivity contribution in [1.29, 1.82) is 0 Å². The van der Waals surface area contributed by atoms with Crippen LogP contribution in [0.3, 0.4) is 0 Å². The lowest BCUT2D eigenvalue weighted by Gasteiger charge is -2.11. The monoisotopic (exact) mass is 286 g/mol. The van der Waals surface area contributed by atoms with Gasteiger partial charge >= 0.3 is 0 Å². The fraction of sp³-hybridized carbons (Fsp3) is 0.0909. The van der Waals surface area contributed by atoms with Crippen LogP contribution in [-0.4, -0.2) is 0 Å². The van der Waals surface area contributed by atoms with E-state index in [9.17, 15) is 0 Å². The van der Waals surface area contributed by atoms with Crippen LogP contribution in [0, 0.1) is 0 Å². The molecule has 0 spiro atoms. The molecule has 22 heavy (non-hydrogen) atoms. The molecule has 110 valence electrons. The maximum absolute atomic E-state index is 4.33. The predicted octanol–water partition coefficient (Wildman–Crippen LogP) is 4.57. The third kappa shape index (κ3) is 3.35. The van der Waals surface area contributed by atoms with Crippen molar-refractivity contribution in [2.24, 2.45) is 0 Å². The third-order valence-corrected chi connectivity index (χ3v) is 3.75. The Morgan fingerprint density at radius 1 is 1.00 bits per heavy atom. The largest absolute Gasteiger partial charge is 0.0990 e. The number of hydrogen-bond donors (Lipinski definition) is 0. The molecular formula is C22H22. The summed E-state index contributed by atoms with van der Waals surface area (Å²) in [4.78, 5) is 0. The van der Waals surface area contributed by atoms with E-state index in [1.807, 2.05) is 25.1 Å². The highest BCUT2D eigenvalue weighted by atomic mass is 14.1. The van der Waals surface area contributed by atoms with Gasteiger partial charge in [0, 0.05) is 0 Å². The second kappa shape index (κ2) is 7.42. The Morgan fingerprint density at radius 2 is 1.68 bits per heavy atom. The average molecular weight is 286 g/mol. The number of rotatable bonds is 4. The zero-order chi connectivity index (χ0) is 15.9. The van der Waals surface area contributed by atoms with Crippen molar-refractivity contribution in [2.75, 3.05) is 0 Å². The van der Waals surface area contributed by atoms with Gasteiger partial charge in [0.25, 0.3) is 0 Å². The van der Waals surface area contributed by atoms with Gasteiger partial charge in [0.2, 0.25) is 0 Å². The van der Waals surface area contributed by atoms with Crippen molar-refractivity contribution >= 4 is 23.3 Å². The first-order chi connectivity index (χ1) is 10.7. The molecule has 0 radical (unpaired) electrons. The molecule has 0 N–H and O–H groups in total. The van der Waals surface area contributed by atoms with Crippen molar-refractivity contribution in [3.8, 4) is 0 Å². The number of hydrogen-bond acceptors (Lipinski definition) is 0. The Bertz CT molecular complexity index is 832. The summed E-state index contributed by atoms with van der Waals surface area (Å²) >= 11 is 0. The van der Waals surface area contributed by atoms with Crippen LogP contribution in [-0.2, 0) is 0 Å². The number of benzene rings is 2. The van der Waals surface area contributed by atoms with E-state index in [4.69, 9.17) is 0 Å². The molecule has 2 rings (SSSR count). The summed E-state index contributed by atoms with van der Waals surface area (Å²) in [5.41, 5.74) is 4.61. The molecule has 0 nitrogen and oxygen atoms in total. The quantitative estimate of drug-likeness (QED) is 0.772. The fourth-order valence-corrected chi connectivity index (χ4v) is 2.57. The molecule has 0 heterocycles. The Balaban J connectivity index is 2.67. The molecule has 0 aliphatic heterocycles. The van der Waals surface area contributed by atoms with E-state index >= 15 is 0 Å². The Morgan fingerprint density at radius 3 is 2.41 bits per heavy atom. The van der Waals surface area contributed by atoms with E-state index in [0.29, 0.717) is 0 Å². The highest BCUT2D eigenvalue weighted by molar-refractivity contribution is 5.97. The van der Waals surface area contributed by atoms with Gasteiger partial charge < -0.3 is 0 Å². The molecule has 0 aliphatic rings. The van der Waals surface area contributed by atoms with Crippen LogP contribution in [0.4, 0.5) is 0 Å².